The fourth-order valence-electron chi connectivity index (χ4n) is 2.48. The Balaban J connectivity index is 1.96. The number of benzene rings is 2. The van der Waals surface area contributed by atoms with Crippen molar-refractivity contribution in [2.45, 2.75) is 39.0 Å². The van der Waals surface area contributed by atoms with Gasteiger partial charge in [0.2, 0.25) is 5.91 Å². The van der Waals surface area contributed by atoms with Gasteiger partial charge in [0, 0.05) is 6.08 Å². The summed E-state index contributed by atoms with van der Waals surface area (Å²) in [7, 11) is 0. The van der Waals surface area contributed by atoms with Crippen LogP contribution < -0.4 is 11.1 Å². The van der Waals surface area contributed by atoms with Crippen LogP contribution in [0, 0.1) is 0 Å². The number of halogens is 3. The van der Waals surface area contributed by atoms with Gasteiger partial charge in [-0.05, 0) is 56.2 Å². The zero-order valence-corrected chi connectivity index (χ0v) is 16.8. The summed E-state index contributed by atoms with van der Waals surface area (Å²) in [6.07, 6.45) is -1.58. The van der Waals surface area contributed by atoms with E-state index in [0.29, 0.717) is 5.56 Å². The van der Waals surface area contributed by atoms with Crippen LogP contribution in [0.4, 0.5) is 24.5 Å². The average Bonchev–Trinajstić information content (AvgIpc) is 2.60. The predicted molar refractivity (Wildman–Crippen MR) is 110 cm³/mol. The molecule has 5 nitrogen and oxygen atoms in total. The molecule has 2 aromatic carbocycles. The molecular weight excluding hydrogens is 397 g/mol. The first-order valence-electron chi connectivity index (χ1n) is 9.10. The van der Waals surface area contributed by atoms with Crippen LogP contribution in [-0.2, 0) is 26.9 Å². The molecule has 0 radical (unpaired) electrons. The summed E-state index contributed by atoms with van der Waals surface area (Å²) in [5.41, 5.74) is 5.54. The van der Waals surface area contributed by atoms with E-state index in [-0.39, 0.29) is 17.8 Å². The third-order valence-electron chi connectivity index (χ3n) is 3.82. The van der Waals surface area contributed by atoms with Gasteiger partial charge in [0.25, 0.3) is 0 Å². The van der Waals surface area contributed by atoms with Gasteiger partial charge in [-0.2, -0.15) is 13.2 Å². The number of carbonyl (C=O) groups excluding carboxylic acids is 2. The van der Waals surface area contributed by atoms with Crippen molar-refractivity contribution in [1.29, 1.82) is 0 Å². The van der Waals surface area contributed by atoms with E-state index in [1.807, 2.05) is 0 Å². The number of esters is 1. The number of carbonyl (C=O) groups is 2. The number of hydrogen-bond acceptors (Lipinski definition) is 4. The lowest BCUT2D eigenvalue weighted by Gasteiger charge is -2.17. The summed E-state index contributed by atoms with van der Waals surface area (Å²) in [4.78, 5) is 23.9. The predicted octanol–water partition coefficient (Wildman–Crippen LogP) is 4.82. The lowest BCUT2D eigenvalue weighted by atomic mass is 10.1. The Kier molecular flexibility index (Phi) is 6.92. The van der Waals surface area contributed by atoms with Crippen LogP contribution in [0.15, 0.2) is 48.5 Å². The molecule has 0 heterocycles. The Morgan fingerprint density at radius 3 is 2.23 bits per heavy atom. The number of anilines is 2. The van der Waals surface area contributed by atoms with Crippen LogP contribution in [0.25, 0.3) is 6.08 Å². The molecule has 0 aliphatic rings. The Morgan fingerprint density at radius 2 is 1.70 bits per heavy atom. The van der Waals surface area contributed by atoms with E-state index in [1.54, 1.807) is 51.1 Å². The molecule has 30 heavy (non-hydrogen) atoms. The van der Waals surface area contributed by atoms with Gasteiger partial charge < -0.3 is 15.8 Å². The maximum Gasteiger partial charge on any atom is 0.416 e. The van der Waals surface area contributed by atoms with Crippen molar-refractivity contribution < 1.29 is 27.5 Å². The molecule has 2 aromatic rings. The monoisotopic (exact) mass is 420 g/mol. The second-order valence-electron chi connectivity index (χ2n) is 7.63. The van der Waals surface area contributed by atoms with E-state index in [0.717, 1.165) is 23.8 Å². The zero-order chi connectivity index (χ0) is 22.5. The fraction of sp³-hybridized carbons (Fsp3) is 0.273. The second kappa shape index (κ2) is 9.02. The van der Waals surface area contributed by atoms with Gasteiger partial charge in [0.1, 0.15) is 5.60 Å². The molecule has 0 unspecified atom stereocenters. The standard InChI is InChI=1S/C22H23F3N2O3/c1-21(2,3)30-20(29)11-8-14-4-6-15(7-5-14)12-19(28)27-18-10-9-16(13-17(18)26)22(23,24)25/h4-11,13H,12,26H2,1-3H3,(H,27,28). The number of nitrogen functional groups attached to an aromatic ring is 1. The quantitative estimate of drug-likeness (QED) is 0.413. The molecule has 3 N–H and O–H groups in total. The molecule has 1 amide bonds. The molecule has 0 saturated heterocycles. The third-order valence-corrected chi connectivity index (χ3v) is 3.82. The molecule has 0 aliphatic carbocycles. The highest BCUT2D eigenvalue weighted by molar-refractivity contribution is 5.95. The second-order valence-corrected chi connectivity index (χ2v) is 7.63. The molecule has 0 spiro atoms. The Hall–Kier alpha value is -3.29. The number of rotatable bonds is 5. The minimum Gasteiger partial charge on any atom is -0.457 e. The van der Waals surface area contributed by atoms with Crippen LogP contribution in [-0.4, -0.2) is 17.5 Å². The van der Waals surface area contributed by atoms with E-state index in [1.165, 1.54) is 6.08 Å². The molecule has 0 fully saturated rings. The molecule has 0 aromatic heterocycles. The van der Waals surface area contributed by atoms with E-state index in [2.05, 4.69) is 5.32 Å². The van der Waals surface area contributed by atoms with Crippen molar-refractivity contribution in [3.8, 4) is 0 Å². The number of amides is 1. The van der Waals surface area contributed by atoms with Crippen LogP contribution in [0.5, 0.6) is 0 Å². The number of ether oxygens (including phenoxy) is 1. The number of nitrogens with one attached hydrogen (secondary N) is 1. The Morgan fingerprint density at radius 1 is 1.07 bits per heavy atom. The minimum atomic E-state index is -4.50. The Bertz CT molecular complexity index is 944. The van der Waals surface area contributed by atoms with Gasteiger partial charge in [-0.25, -0.2) is 4.79 Å². The van der Waals surface area contributed by atoms with E-state index in [4.69, 9.17) is 10.5 Å². The maximum atomic E-state index is 12.7. The summed E-state index contributed by atoms with van der Waals surface area (Å²) in [5.74, 6) is -0.876. The number of hydrogen-bond donors (Lipinski definition) is 2. The van der Waals surface area contributed by atoms with Crippen LogP contribution in [0.3, 0.4) is 0 Å². The highest BCUT2D eigenvalue weighted by atomic mass is 19.4. The largest absolute Gasteiger partial charge is 0.457 e. The van der Waals surface area contributed by atoms with Gasteiger partial charge in [-0.3, -0.25) is 4.79 Å². The molecule has 0 bridgehead atoms. The molecule has 2 rings (SSSR count). The molecule has 0 aliphatic heterocycles. The molecular formula is C22H23F3N2O3. The third kappa shape index (κ3) is 7.27. The first kappa shape index (κ1) is 23.0. The van der Waals surface area contributed by atoms with Crippen molar-refractivity contribution in [3.05, 3.63) is 65.2 Å². The Labute approximate surface area is 172 Å². The van der Waals surface area contributed by atoms with Crippen molar-refractivity contribution in [3.63, 3.8) is 0 Å². The smallest absolute Gasteiger partial charge is 0.416 e. The van der Waals surface area contributed by atoms with E-state index >= 15 is 0 Å². The van der Waals surface area contributed by atoms with Crippen LogP contribution in [0.2, 0.25) is 0 Å². The van der Waals surface area contributed by atoms with Crippen LogP contribution >= 0.6 is 0 Å². The van der Waals surface area contributed by atoms with Crippen molar-refractivity contribution in [1.82, 2.24) is 0 Å². The van der Waals surface area contributed by atoms with Crippen LogP contribution in [0.1, 0.15) is 37.5 Å². The summed E-state index contributed by atoms with van der Waals surface area (Å²) >= 11 is 0. The SMILES string of the molecule is CC(C)(C)OC(=O)C=Cc1ccc(CC(=O)Nc2ccc(C(F)(F)F)cc2N)cc1. The van der Waals surface area contributed by atoms with Gasteiger partial charge in [0.15, 0.2) is 0 Å². The maximum absolute atomic E-state index is 12.7. The first-order chi connectivity index (χ1) is 13.8. The summed E-state index contributed by atoms with van der Waals surface area (Å²) in [6.45, 7) is 5.32. The van der Waals surface area contributed by atoms with Crippen molar-refractivity contribution >= 4 is 29.3 Å². The first-order valence-corrected chi connectivity index (χ1v) is 9.10. The zero-order valence-electron chi connectivity index (χ0n) is 16.8. The van der Waals surface area contributed by atoms with Gasteiger partial charge in [0.05, 0.1) is 23.4 Å². The van der Waals surface area contributed by atoms with Gasteiger partial charge >= 0.3 is 12.1 Å². The fourth-order valence-corrected chi connectivity index (χ4v) is 2.48. The van der Waals surface area contributed by atoms with Crippen molar-refractivity contribution in [2.24, 2.45) is 0 Å². The normalized spacial score (nSPS) is 12.1. The highest BCUT2D eigenvalue weighted by Gasteiger charge is 2.30. The molecule has 8 heteroatoms. The summed E-state index contributed by atoms with van der Waals surface area (Å²) in [5, 5.41) is 2.51. The molecule has 0 saturated carbocycles. The van der Waals surface area contributed by atoms with Gasteiger partial charge in [-0.15, -0.1) is 0 Å². The van der Waals surface area contributed by atoms with Crippen molar-refractivity contribution in [2.75, 3.05) is 11.1 Å². The highest BCUT2D eigenvalue weighted by Crippen LogP contribution is 2.32. The number of nitrogens with two attached hydrogens (primary N) is 1. The lowest BCUT2D eigenvalue weighted by Crippen LogP contribution is -2.22. The summed E-state index contributed by atoms with van der Waals surface area (Å²) < 4.78 is 43.2. The molecule has 0 atom stereocenters. The topological polar surface area (TPSA) is 81.4 Å². The van der Waals surface area contributed by atoms with E-state index in [9.17, 15) is 22.8 Å². The van der Waals surface area contributed by atoms with E-state index < -0.39 is 29.2 Å². The average molecular weight is 420 g/mol. The summed E-state index contributed by atoms with van der Waals surface area (Å²) in [6, 6.07) is 9.65. The number of alkyl halides is 3. The van der Waals surface area contributed by atoms with Gasteiger partial charge in [-0.1, -0.05) is 24.3 Å². The minimum absolute atomic E-state index is 0.0104. The lowest BCUT2D eigenvalue weighted by molar-refractivity contribution is -0.148. The molecule has 160 valence electrons.